The number of rotatable bonds is 4. The highest BCUT2D eigenvalue weighted by molar-refractivity contribution is 7.14. The number of amides is 1. The third-order valence-electron chi connectivity index (χ3n) is 4.59. The fourth-order valence-electron chi connectivity index (χ4n) is 3.01. The predicted octanol–water partition coefficient (Wildman–Crippen LogP) is 4.72. The molecule has 1 aliphatic rings. The number of nitrogens with one attached hydrogen (secondary N) is 1. The first-order chi connectivity index (χ1) is 12.8. The number of fused-ring (bicyclic) bond motifs is 1. The number of carbonyl (C=O) groups excluding carboxylic acids is 1. The van der Waals surface area contributed by atoms with Gasteiger partial charge in [0.25, 0.3) is 5.91 Å². The molecule has 0 radical (unpaired) electrons. The number of aryl methyl sites for hydroxylation is 1. The molecular weight excluding hydrogens is 387 g/mol. The van der Waals surface area contributed by atoms with Crippen LogP contribution in [0.3, 0.4) is 0 Å². The molecule has 1 N–H and O–H groups in total. The first-order valence-corrected chi connectivity index (χ1v) is 9.11. The Morgan fingerprint density at radius 1 is 1.19 bits per heavy atom. The van der Waals surface area contributed by atoms with E-state index in [1.165, 1.54) is 11.3 Å². The molecule has 0 aliphatic heterocycles. The van der Waals surface area contributed by atoms with Crippen LogP contribution in [0.4, 0.5) is 22.0 Å². The van der Waals surface area contributed by atoms with Gasteiger partial charge in [0.1, 0.15) is 0 Å². The number of hydrogen-bond acceptors (Lipinski definition) is 3. The van der Waals surface area contributed by atoms with Crippen molar-refractivity contribution in [3.05, 3.63) is 56.0 Å². The van der Waals surface area contributed by atoms with E-state index in [-0.39, 0.29) is 0 Å². The normalized spacial score (nSPS) is 16.6. The molecule has 144 valence electrons. The molecule has 1 aromatic carbocycles. The summed E-state index contributed by atoms with van der Waals surface area (Å²) in [6.45, 7) is 2.11. The maximum absolute atomic E-state index is 13.6. The minimum absolute atomic E-state index is 0.381. The Hall–Kier alpha value is -2.29. The van der Waals surface area contributed by atoms with E-state index in [1.54, 1.807) is 6.07 Å². The van der Waals surface area contributed by atoms with Crippen molar-refractivity contribution >= 4 is 23.5 Å². The molecule has 9 heteroatoms. The van der Waals surface area contributed by atoms with Gasteiger partial charge in [-0.3, -0.25) is 4.79 Å². The smallest absolute Gasteiger partial charge is 0.266 e. The Labute approximate surface area is 155 Å². The van der Waals surface area contributed by atoms with Gasteiger partial charge in [-0.05, 0) is 36.8 Å². The second kappa shape index (κ2) is 7.75. The molecule has 1 heterocycles. The molecule has 0 saturated heterocycles. The Kier molecular flexibility index (Phi) is 5.59. The van der Waals surface area contributed by atoms with Crippen molar-refractivity contribution in [1.29, 1.82) is 0 Å². The summed E-state index contributed by atoms with van der Waals surface area (Å²) in [5.41, 5.74) is 1.94. The van der Waals surface area contributed by atoms with Crippen molar-refractivity contribution in [2.75, 3.05) is 0 Å². The third-order valence-corrected chi connectivity index (χ3v) is 5.83. The molecule has 0 saturated carbocycles. The van der Waals surface area contributed by atoms with E-state index < -0.39 is 40.6 Å². The van der Waals surface area contributed by atoms with Gasteiger partial charge < -0.3 is 0 Å². The number of nitrogens with zero attached hydrogens (tertiary/aromatic N) is 1. The molecule has 1 aromatic heterocycles. The summed E-state index contributed by atoms with van der Waals surface area (Å²) >= 11 is 1.31. The number of halogens is 5. The monoisotopic (exact) mass is 402 g/mol. The summed E-state index contributed by atoms with van der Waals surface area (Å²) in [5, 5.41) is 3.34. The summed E-state index contributed by atoms with van der Waals surface area (Å²) in [4.78, 5) is 13.7. The second-order valence-electron chi connectivity index (χ2n) is 6.26. The summed E-state index contributed by atoms with van der Waals surface area (Å²) < 4.78 is 66.4. The lowest BCUT2D eigenvalue weighted by molar-refractivity contribution is 0.0959. The Balaban J connectivity index is 1.75. The zero-order valence-corrected chi connectivity index (χ0v) is 15.0. The molecule has 0 spiro atoms. The van der Waals surface area contributed by atoms with Crippen LogP contribution in [0.25, 0.3) is 0 Å². The number of thiophene rings is 1. The number of hydrazone groups is 1. The Bertz CT molecular complexity index is 896. The highest BCUT2D eigenvalue weighted by atomic mass is 32.1. The number of carbonyl (C=O) groups is 1. The predicted molar refractivity (Wildman–Crippen MR) is 91.4 cm³/mol. The van der Waals surface area contributed by atoms with Crippen molar-refractivity contribution in [2.24, 2.45) is 11.0 Å². The van der Waals surface area contributed by atoms with Crippen molar-refractivity contribution in [1.82, 2.24) is 5.43 Å². The van der Waals surface area contributed by atoms with Gasteiger partial charge in [0.2, 0.25) is 5.82 Å². The van der Waals surface area contributed by atoms with Crippen molar-refractivity contribution in [2.45, 2.75) is 32.6 Å². The molecule has 0 bridgehead atoms. The van der Waals surface area contributed by atoms with Gasteiger partial charge in [-0.1, -0.05) is 13.3 Å². The lowest BCUT2D eigenvalue weighted by Crippen LogP contribution is -2.17. The Morgan fingerprint density at radius 2 is 1.81 bits per heavy atom. The molecule has 0 fully saturated rings. The molecule has 3 nitrogen and oxygen atoms in total. The minimum atomic E-state index is -2.25. The standard InChI is InChI=1S/C18H15F5N2OS/c1-2-8-3-4-11-9(5-8)6-12(27-11)18(26)25-24-7-10-13(19)15(21)17(23)16(22)14(10)20/h6-8H,2-5H2,1H3,(H,25,26). The second-order valence-corrected chi connectivity index (χ2v) is 7.40. The fourth-order valence-corrected chi connectivity index (χ4v) is 4.10. The van der Waals surface area contributed by atoms with Crippen LogP contribution in [0.15, 0.2) is 11.2 Å². The van der Waals surface area contributed by atoms with E-state index >= 15 is 0 Å². The van der Waals surface area contributed by atoms with Crippen LogP contribution in [-0.4, -0.2) is 12.1 Å². The molecule has 1 amide bonds. The van der Waals surface area contributed by atoms with Crippen LogP contribution in [0.1, 0.15) is 45.4 Å². The summed E-state index contributed by atoms with van der Waals surface area (Å²) in [6.07, 6.45) is 4.30. The Morgan fingerprint density at radius 3 is 2.44 bits per heavy atom. The van der Waals surface area contributed by atoms with E-state index in [2.05, 4.69) is 17.5 Å². The van der Waals surface area contributed by atoms with Gasteiger partial charge in [0, 0.05) is 4.88 Å². The lowest BCUT2D eigenvalue weighted by atomic mass is 9.87. The van der Waals surface area contributed by atoms with Gasteiger partial charge in [-0.15, -0.1) is 11.3 Å². The average molecular weight is 402 g/mol. The third kappa shape index (κ3) is 3.73. The fraction of sp³-hybridized carbons (Fsp3) is 0.333. The van der Waals surface area contributed by atoms with E-state index in [4.69, 9.17) is 0 Å². The lowest BCUT2D eigenvalue weighted by Gasteiger charge is -2.19. The highest BCUT2D eigenvalue weighted by Gasteiger charge is 2.25. The van der Waals surface area contributed by atoms with Crippen LogP contribution in [0.5, 0.6) is 0 Å². The minimum Gasteiger partial charge on any atom is -0.266 e. The molecular formula is C18H15F5N2OS. The topological polar surface area (TPSA) is 41.5 Å². The van der Waals surface area contributed by atoms with Gasteiger partial charge >= 0.3 is 0 Å². The average Bonchev–Trinajstić information content (AvgIpc) is 3.10. The number of benzene rings is 1. The molecule has 1 aliphatic carbocycles. The number of hydrogen-bond donors (Lipinski definition) is 1. The van der Waals surface area contributed by atoms with E-state index in [0.717, 1.165) is 36.1 Å². The van der Waals surface area contributed by atoms with Crippen LogP contribution < -0.4 is 5.43 Å². The van der Waals surface area contributed by atoms with E-state index in [9.17, 15) is 26.7 Å². The highest BCUT2D eigenvalue weighted by Crippen LogP contribution is 2.33. The van der Waals surface area contributed by atoms with Crippen molar-refractivity contribution in [3.8, 4) is 0 Å². The summed E-state index contributed by atoms with van der Waals surface area (Å²) in [6, 6.07) is 1.76. The quantitative estimate of drug-likeness (QED) is 0.260. The molecule has 27 heavy (non-hydrogen) atoms. The molecule has 3 rings (SSSR count). The van der Waals surface area contributed by atoms with E-state index in [0.29, 0.717) is 17.0 Å². The SMILES string of the molecule is CCC1CCc2sc(C(=O)NN=Cc3c(F)c(F)c(F)c(F)c3F)cc2C1. The first-order valence-electron chi connectivity index (χ1n) is 8.29. The van der Waals surface area contributed by atoms with Crippen LogP contribution in [-0.2, 0) is 12.8 Å². The van der Waals surface area contributed by atoms with Crippen molar-refractivity contribution < 1.29 is 26.7 Å². The van der Waals surface area contributed by atoms with Crippen molar-refractivity contribution in [3.63, 3.8) is 0 Å². The first kappa shape index (κ1) is 19.5. The maximum atomic E-state index is 13.6. The largest absolute Gasteiger partial charge is 0.281 e. The zero-order chi connectivity index (χ0) is 19.7. The van der Waals surface area contributed by atoms with E-state index in [1.807, 2.05) is 0 Å². The maximum Gasteiger partial charge on any atom is 0.281 e. The summed E-state index contributed by atoms with van der Waals surface area (Å²) in [7, 11) is 0. The van der Waals surface area contributed by atoms with Gasteiger partial charge in [0.15, 0.2) is 23.3 Å². The van der Waals surface area contributed by atoms with Crippen LogP contribution >= 0.6 is 11.3 Å². The van der Waals surface area contributed by atoms with Gasteiger partial charge in [-0.25, -0.2) is 27.4 Å². The molecule has 1 atom stereocenters. The van der Waals surface area contributed by atoms with Gasteiger partial charge in [-0.2, -0.15) is 5.10 Å². The van der Waals surface area contributed by atoms with Gasteiger partial charge in [0.05, 0.1) is 16.7 Å². The molecule has 2 aromatic rings. The molecule has 1 unspecified atom stereocenters. The zero-order valence-electron chi connectivity index (χ0n) is 14.2. The van der Waals surface area contributed by atoms with Crippen LogP contribution in [0.2, 0.25) is 0 Å². The summed E-state index contributed by atoms with van der Waals surface area (Å²) in [5.74, 6) is -10.4. The van der Waals surface area contributed by atoms with Crippen LogP contribution in [0, 0.1) is 35.0 Å².